The number of hydrogen-bond donors (Lipinski definition) is 2. The van der Waals surface area contributed by atoms with Crippen molar-refractivity contribution in [3.8, 4) is 0 Å². The zero-order chi connectivity index (χ0) is 14.5. The van der Waals surface area contributed by atoms with E-state index in [4.69, 9.17) is 5.11 Å². The molecule has 20 heavy (non-hydrogen) atoms. The van der Waals surface area contributed by atoms with Crippen LogP contribution >= 0.6 is 11.3 Å². The second-order valence-electron chi connectivity index (χ2n) is 4.99. The molecule has 2 rings (SSSR count). The number of likely N-dealkylation sites (tertiary alicyclic amines) is 1. The minimum Gasteiger partial charge on any atom is -0.396 e. The zero-order valence-corrected chi connectivity index (χ0v) is 12.3. The van der Waals surface area contributed by atoms with Crippen molar-refractivity contribution in [1.29, 1.82) is 0 Å². The van der Waals surface area contributed by atoms with Crippen molar-refractivity contribution in [2.24, 2.45) is 5.92 Å². The normalized spacial score (nSPS) is 18.9. The summed E-state index contributed by atoms with van der Waals surface area (Å²) in [6.07, 6.45) is 2.75. The van der Waals surface area contributed by atoms with E-state index in [1.165, 1.54) is 18.3 Å². The molecule has 6 nitrogen and oxygen atoms in total. The van der Waals surface area contributed by atoms with Gasteiger partial charge in [0.15, 0.2) is 5.13 Å². The predicted octanol–water partition coefficient (Wildman–Crippen LogP) is 1.34. The summed E-state index contributed by atoms with van der Waals surface area (Å²) in [5.41, 5.74) is 0.378. The second-order valence-corrected chi connectivity index (χ2v) is 5.85. The van der Waals surface area contributed by atoms with Crippen molar-refractivity contribution in [2.45, 2.75) is 26.2 Å². The molecule has 2 N–H and O–H groups in total. The maximum absolute atomic E-state index is 12.3. The molecule has 2 amide bonds. The summed E-state index contributed by atoms with van der Waals surface area (Å²) in [7, 11) is 0. The molecule has 1 saturated heterocycles. The smallest absolute Gasteiger partial charge is 0.273 e. The van der Waals surface area contributed by atoms with Gasteiger partial charge in [-0.15, -0.1) is 11.3 Å². The molecule has 1 aromatic rings. The number of rotatable bonds is 4. The van der Waals surface area contributed by atoms with Crippen molar-refractivity contribution in [2.75, 3.05) is 25.0 Å². The van der Waals surface area contributed by atoms with Gasteiger partial charge < -0.3 is 15.3 Å². The van der Waals surface area contributed by atoms with E-state index in [9.17, 15) is 9.59 Å². The maximum atomic E-state index is 12.3. The lowest BCUT2D eigenvalue weighted by Gasteiger charge is -2.32. The number of piperidine rings is 1. The predicted molar refractivity (Wildman–Crippen MR) is 76.7 cm³/mol. The average molecular weight is 297 g/mol. The number of hydrogen-bond acceptors (Lipinski definition) is 5. The van der Waals surface area contributed by atoms with E-state index < -0.39 is 0 Å². The number of nitrogens with zero attached hydrogens (tertiary/aromatic N) is 2. The molecule has 0 saturated carbocycles. The van der Waals surface area contributed by atoms with E-state index in [0.717, 1.165) is 25.8 Å². The van der Waals surface area contributed by atoms with Crippen LogP contribution in [0.3, 0.4) is 0 Å². The topological polar surface area (TPSA) is 82.5 Å². The van der Waals surface area contributed by atoms with E-state index in [1.807, 2.05) is 0 Å². The molecule has 1 atom stereocenters. The number of carbonyl (C=O) groups excluding carboxylic acids is 2. The standard InChI is InChI=1S/C13H19N3O3S/c1-9(18)14-13-15-11(8-20-13)12(19)16-5-2-3-10(7-16)4-6-17/h8,10,17H,2-7H2,1H3,(H,14,15,18). The fourth-order valence-electron chi connectivity index (χ4n) is 2.41. The van der Waals surface area contributed by atoms with Crippen LogP contribution in [0.15, 0.2) is 5.38 Å². The maximum Gasteiger partial charge on any atom is 0.273 e. The number of anilines is 1. The summed E-state index contributed by atoms with van der Waals surface area (Å²) in [6, 6.07) is 0. The number of aliphatic hydroxyl groups excluding tert-OH is 1. The van der Waals surface area contributed by atoms with E-state index in [1.54, 1.807) is 10.3 Å². The molecule has 1 aliphatic rings. The van der Waals surface area contributed by atoms with Crippen molar-refractivity contribution >= 4 is 28.3 Å². The summed E-state index contributed by atoms with van der Waals surface area (Å²) < 4.78 is 0. The van der Waals surface area contributed by atoms with Crippen molar-refractivity contribution in [1.82, 2.24) is 9.88 Å². The highest BCUT2D eigenvalue weighted by Crippen LogP contribution is 2.22. The summed E-state index contributed by atoms with van der Waals surface area (Å²) >= 11 is 1.25. The molecule has 0 bridgehead atoms. The van der Waals surface area contributed by atoms with Gasteiger partial charge in [0, 0.05) is 32.0 Å². The number of aliphatic hydroxyl groups is 1. The molecule has 1 aromatic heterocycles. The summed E-state index contributed by atoms with van der Waals surface area (Å²) in [5.74, 6) is 0.0750. The van der Waals surface area contributed by atoms with Crippen molar-refractivity contribution in [3.63, 3.8) is 0 Å². The molecule has 1 fully saturated rings. The minimum atomic E-state index is -0.195. The molecule has 0 spiro atoms. The van der Waals surface area contributed by atoms with E-state index in [2.05, 4.69) is 10.3 Å². The van der Waals surface area contributed by atoms with Crippen LogP contribution in [0.5, 0.6) is 0 Å². The van der Waals surface area contributed by atoms with Crippen LogP contribution < -0.4 is 5.32 Å². The molecule has 0 aromatic carbocycles. The third kappa shape index (κ3) is 3.77. The third-order valence-corrected chi connectivity index (χ3v) is 4.11. The Hall–Kier alpha value is -1.47. The fraction of sp³-hybridized carbons (Fsp3) is 0.615. The molecule has 2 heterocycles. The van der Waals surface area contributed by atoms with E-state index in [0.29, 0.717) is 23.3 Å². The van der Waals surface area contributed by atoms with Gasteiger partial charge in [0.25, 0.3) is 5.91 Å². The lowest BCUT2D eigenvalue weighted by molar-refractivity contribution is -0.114. The minimum absolute atomic E-state index is 0.0968. The molecule has 1 unspecified atom stereocenters. The summed E-state index contributed by atoms with van der Waals surface area (Å²) in [4.78, 5) is 29.2. The molecule has 0 aliphatic carbocycles. The molecule has 1 aliphatic heterocycles. The van der Waals surface area contributed by atoms with Crippen molar-refractivity contribution < 1.29 is 14.7 Å². The lowest BCUT2D eigenvalue weighted by Crippen LogP contribution is -2.40. The van der Waals surface area contributed by atoms with Gasteiger partial charge >= 0.3 is 0 Å². The monoisotopic (exact) mass is 297 g/mol. The van der Waals surface area contributed by atoms with Gasteiger partial charge in [-0.1, -0.05) is 0 Å². The summed E-state index contributed by atoms with van der Waals surface area (Å²) in [6.45, 7) is 2.98. The van der Waals surface area contributed by atoms with Gasteiger partial charge in [0.05, 0.1) is 0 Å². The summed E-state index contributed by atoms with van der Waals surface area (Å²) in [5, 5.41) is 13.7. The van der Waals surface area contributed by atoms with Gasteiger partial charge in [-0.25, -0.2) is 4.98 Å². The Labute approximate surface area is 121 Å². The Morgan fingerprint density at radius 2 is 2.40 bits per heavy atom. The van der Waals surface area contributed by atoms with Crippen LogP contribution in [0, 0.1) is 5.92 Å². The molecule has 110 valence electrons. The van der Waals surface area contributed by atoms with Crippen molar-refractivity contribution in [3.05, 3.63) is 11.1 Å². The Bertz CT molecular complexity index is 487. The Kier molecular flexibility index (Phi) is 5.08. The highest BCUT2D eigenvalue weighted by Gasteiger charge is 2.25. The molecular formula is C13H19N3O3S. The molecule has 7 heteroatoms. The number of amides is 2. The van der Waals surface area contributed by atoms with Gasteiger partial charge in [-0.05, 0) is 25.2 Å². The molecule has 0 radical (unpaired) electrons. The lowest BCUT2D eigenvalue weighted by atomic mass is 9.95. The quantitative estimate of drug-likeness (QED) is 0.878. The van der Waals surface area contributed by atoms with Crippen LogP contribution in [0.2, 0.25) is 0 Å². The third-order valence-electron chi connectivity index (χ3n) is 3.35. The highest BCUT2D eigenvalue weighted by atomic mass is 32.1. The zero-order valence-electron chi connectivity index (χ0n) is 11.5. The van der Waals surface area contributed by atoms with Crippen LogP contribution in [0.25, 0.3) is 0 Å². The van der Waals surface area contributed by atoms with Gasteiger partial charge in [0.2, 0.25) is 5.91 Å². The number of aromatic nitrogens is 1. The Morgan fingerprint density at radius 1 is 1.60 bits per heavy atom. The Morgan fingerprint density at radius 3 is 3.10 bits per heavy atom. The highest BCUT2D eigenvalue weighted by molar-refractivity contribution is 7.14. The first-order chi connectivity index (χ1) is 9.60. The average Bonchev–Trinajstić information content (AvgIpc) is 2.86. The Balaban J connectivity index is 1.99. The first-order valence-corrected chi connectivity index (χ1v) is 7.61. The number of carbonyl (C=O) groups is 2. The van der Waals surface area contributed by atoms with E-state index >= 15 is 0 Å². The van der Waals surface area contributed by atoms with Gasteiger partial charge in [-0.3, -0.25) is 9.59 Å². The second kappa shape index (κ2) is 6.81. The van der Waals surface area contributed by atoms with Crippen LogP contribution in [0.4, 0.5) is 5.13 Å². The first-order valence-electron chi connectivity index (χ1n) is 6.73. The first kappa shape index (κ1) is 14.9. The van der Waals surface area contributed by atoms with Crippen LogP contribution in [-0.2, 0) is 4.79 Å². The number of thiazole rings is 1. The van der Waals surface area contributed by atoms with E-state index in [-0.39, 0.29) is 18.4 Å². The van der Waals surface area contributed by atoms with Crippen LogP contribution in [0.1, 0.15) is 36.7 Å². The largest absolute Gasteiger partial charge is 0.396 e. The van der Waals surface area contributed by atoms with Gasteiger partial charge in [-0.2, -0.15) is 0 Å². The molecular weight excluding hydrogens is 278 g/mol. The fourth-order valence-corrected chi connectivity index (χ4v) is 3.14. The SMILES string of the molecule is CC(=O)Nc1nc(C(=O)N2CCCC(CCO)C2)cs1. The van der Waals surface area contributed by atoms with Gasteiger partial charge in [0.1, 0.15) is 5.69 Å². The van der Waals surface area contributed by atoms with Crippen LogP contribution in [-0.4, -0.2) is 46.5 Å². The number of nitrogens with one attached hydrogen (secondary N) is 1.